The molecular weight excluding hydrogens is 652 g/mol. The van der Waals surface area contributed by atoms with Gasteiger partial charge in [-0.05, 0) is 68.0 Å². The Morgan fingerprint density at radius 2 is 1.61 bits per heavy atom. The Morgan fingerprint density at radius 1 is 0.882 bits per heavy atom. The Hall–Kier alpha value is -4.61. The first-order valence-corrected chi connectivity index (χ1v) is 17.5. The van der Waals surface area contributed by atoms with Gasteiger partial charge in [-0.2, -0.15) is 0 Å². The van der Waals surface area contributed by atoms with Crippen LogP contribution in [-0.4, -0.2) is 97.8 Å². The van der Waals surface area contributed by atoms with Gasteiger partial charge in [0, 0.05) is 51.3 Å². The van der Waals surface area contributed by atoms with E-state index in [-0.39, 0.29) is 25.0 Å². The molecule has 51 heavy (non-hydrogen) atoms. The summed E-state index contributed by atoms with van der Waals surface area (Å²) in [5, 5.41) is 9.64. The fourth-order valence-corrected chi connectivity index (χ4v) is 6.56. The van der Waals surface area contributed by atoms with Crippen LogP contribution in [0.15, 0.2) is 72.8 Å². The summed E-state index contributed by atoms with van der Waals surface area (Å²) >= 11 is 0. The molecule has 1 saturated heterocycles. The van der Waals surface area contributed by atoms with Gasteiger partial charge in [0.25, 0.3) is 0 Å². The summed E-state index contributed by atoms with van der Waals surface area (Å²) in [7, 11) is 3.24. The zero-order chi connectivity index (χ0) is 36.5. The standard InChI is InChI=1S/C40H50N2O9/c1-40(2,3)51-39(46)41-24-34(37(35(25-41)50-26-36(43)44)30-14-9-13-29(21-30)28-11-7-6-8-12-28)38(45)42(31-15-16-31)23-27-19-32(48-5)22-33(20-27)49-18-10-17-47-4/h6-9,11-14,19-22,31,34-35,37H,10,15-18,23-26H2,1-5H3,(H,43,44)/t34-,35+,37+/m0/s1. The van der Waals surface area contributed by atoms with Crippen molar-refractivity contribution in [2.24, 2.45) is 5.92 Å². The van der Waals surface area contributed by atoms with Crippen LogP contribution in [-0.2, 0) is 30.3 Å². The quantitative estimate of drug-likeness (QED) is 0.180. The number of aliphatic carboxylic acids is 1. The predicted molar refractivity (Wildman–Crippen MR) is 192 cm³/mol. The molecule has 3 aromatic carbocycles. The van der Waals surface area contributed by atoms with Crippen molar-refractivity contribution in [1.82, 2.24) is 9.80 Å². The Kier molecular flexibility index (Phi) is 12.6. The van der Waals surface area contributed by atoms with Crippen molar-refractivity contribution in [3.63, 3.8) is 0 Å². The Bertz CT molecular complexity index is 1640. The van der Waals surface area contributed by atoms with Crippen LogP contribution < -0.4 is 9.47 Å². The minimum atomic E-state index is -1.14. The van der Waals surface area contributed by atoms with Crippen molar-refractivity contribution in [3.05, 3.63) is 83.9 Å². The van der Waals surface area contributed by atoms with E-state index >= 15 is 4.79 Å². The summed E-state index contributed by atoms with van der Waals surface area (Å²) in [5.41, 5.74) is 2.87. The highest BCUT2D eigenvalue weighted by Gasteiger charge is 2.48. The number of nitrogens with zero attached hydrogens (tertiary/aromatic N) is 2. The number of hydrogen-bond donors (Lipinski definition) is 1. The molecule has 2 aliphatic rings. The van der Waals surface area contributed by atoms with Crippen LogP contribution in [0.4, 0.5) is 4.79 Å². The summed E-state index contributed by atoms with van der Waals surface area (Å²) in [5.74, 6) is -1.34. The van der Waals surface area contributed by atoms with Gasteiger partial charge < -0.3 is 38.6 Å². The normalized spacial score (nSPS) is 18.9. The second-order valence-corrected chi connectivity index (χ2v) is 14.2. The van der Waals surface area contributed by atoms with Crippen LogP contribution in [0.2, 0.25) is 0 Å². The lowest BCUT2D eigenvalue weighted by Gasteiger charge is -2.44. The van der Waals surface area contributed by atoms with E-state index in [0.29, 0.717) is 31.3 Å². The molecule has 0 unspecified atom stereocenters. The molecule has 274 valence electrons. The molecule has 1 heterocycles. The van der Waals surface area contributed by atoms with Crippen molar-refractivity contribution in [3.8, 4) is 22.6 Å². The highest BCUT2D eigenvalue weighted by molar-refractivity contribution is 5.82. The molecule has 3 aromatic rings. The number of amides is 2. The summed E-state index contributed by atoms with van der Waals surface area (Å²) in [6.07, 6.45) is 1.05. The van der Waals surface area contributed by atoms with Crippen molar-refractivity contribution in [2.75, 3.05) is 47.1 Å². The van der Waals surface area contributed by atoms with E-state index in [9.17, 15) is 14.7 Å². The van der Waals surface area contributed by atoms with E-state index in [1.807, 2.05) is 77.7 Å². The number of hydrogen-bond acceptors (Lipinski definition) is 8. The smallest absolute Gasteiger partial charge is 0.410 e. The van der Waals surface area contributed by atoms with Gasteiger partial charge in [0.05, 0.1) is 32.3 Å². The number of carbonyl (C=O) groups excluding carboxylic acids is 2. The monoisotopic (exact) mass is 702 g/mol. The zero-order valence-corrected chi connectivity index (χ0v) is 30.2. The number of ether oxygens (including phenoxy) is 5. The molecule has 11 heteroatoms. The number of carbonyl (C=O) groups is 3. The van der Waals surface area contributed by atoms with E-state index < -0.39 is 42.2 Å². The van der Waals surface area contributed by atoms with Crippen molar-refractivity contribution >= 4 is 18.0 Å². The third-order valence-electron chi connectivity index (χ3n) is 8.98. The molecule has 1 N–H and O–H groups in total. The van der Waals surface area contributed by atoms with Crippen LogP contribution in [0, 0.1) is 5.92 Å². The highest BCUT2D eigenvalue weighted by Crippen LogP contribution is 2.41. The molecule has 2 amide bonds. The third kappa shape index (κ3) is 10.5. The maximum Gasteiger partial charge on any atom is 0.410 e. The van der Waals surface area contributed by atoms with Crippen LogP contribution in [0.5, 0.6) is 11.5 Å². The second-order valence-electron chi connectivity index (χ2n) is 14.2. The molecule has 1 aliphatic heterocycles. The Balaban J connectivity index is 1.53. The summed E-state index contributed by atoms with van der Waals surface area (Å²) in [4.78, 5) is 43.8. The van der Waals surface area contributed by atoms with Gasteiger partial charge in [-0.3, -0.25) is 4.79 Å². The van der Waals surface area contributed by atoms with Gasteiger partial charge in [0.1, 0.15) is 23.7 Å². The maximum absolute atomic E-state index is 15.0. The van der Waals surface area contributed by atoms with E-state index in [4.69, 9.17) is 23.7 Å². The van der Waals surface area contributed by atoms with Gasteiger partial charge in [0.2, 0.25) is 5.91 Å². The fourth-order valence-electron chi connectivity index (χ4n) is 6.56. The first kappa shape index (κ1) is 37.6. The molecule has 0 bridgehead atoms. The van der Waals surface area contributed by atoms with Crippen LogP contribution in [0.3, 0.4) is 0 Å². The average Bonchev–Trinajstić information content (AvgIpc) is 3.96. The number of methoxy groups -OCH3 is 2. The summed E-state index contributed by atoms with van der Waals surface area (Å²) in [6.45, 7) is 6.27. The van der Waals surface area contributed by atoms with Gasteiger partial charge in [-0.15, -0.1) is 0 Å². The Morgan fingerprint density at radius 3 is 2.27 bits per heavy atom. The fraction of sp³-hybridized carbons (Fsp3) is 0.475. The van der Waals surface area contributed by atoms with E-state index in [0.717, 1.165) is 41.5 Å². The van der Waals surface area contributed by atoms with Gasteiger partial charge in [-0.1, -0.05) is 54.6 Å². The molecular formula is C40H50N2O9. The number of carboxylic acid groups (broad SMARTS) is 1. The van der Waals surface area contributed by atoms with Crippen LogP contribution >= 0.6 is 0 Å². The molecule has 0 radical (unpaired) electrons. The molecule has 1 saturated carbocycles. The molecule has 0 spiro atoms. The zero-order valence-electron chi connectivity index (χ0n) is 30.2. The van der Waals surface area contributed by atoms with Crippen molar-refractivity contribution < 1.29 is 43.2 Å². The third-order valence-corrected chi connectivity index (χ3v) is 8.98. The van der Waals surface area contributed by atoms with E-state index in [2.05, 4.69) is 0 Å². The molecule has 11 nitrogen and oxygen atoms in total. The van der Waals surface area contributed by atoms with Crippen LogP contribution in [0.25, 0.3) is 11.1 Å². The summed E-state index contributed by atoms with van der Waals surface area (Å²) in [6, 6.07) is 23.5. The lowest BCUT2D eigenvalue weighted by atomic mass is 9.77. The average molecular weight is 703 g/mol. The largest absolute Gasteiger partial charge is 0.497 e. The molecule has 1 aliphatic carbocycles. The second kappa shape index (κ2) is 17.1. The predicted octanol–water partition coefficient (Wildman–Crippen LogP) is 6.39. The molecule has 5 rings (SSSR count). The highest BCUT2D eigenvalue weighted by atomic mass is 16.6. The maximum atomic E-state index is 15.0. The minimum absolute atomic E-state index is 0.0152. The SMILES string of the molecule is COCCCOc1cc(CN(C(=O)[C@H]2CN(C(=O)OC(C)(C)C)C[C@@H](OCC(=O)O)[C@@H]2c2cccc(-c3ccccc3)c2)C2CC2)cc(OC)c1. The molecule has 0 aromatic heterocycles. The van der Waals surface area contributed by atoms with Gasteiger partial charge in [0.15, 0.2) is 0 Å². The number of piperidine rings is 1. The van der Waals surface area contributed by atoms with Crippen LogP contribution in [0.1, 0.15) is 57.1 Å². The van der Waals surface area contributed by atoms with Crippen molar-refractivity contribution in [1.29, 1.82) is 0 Å². The molecule has 2 fully saturated rings. The van der Waals surface area contributed by atoms with E-state index in [1.165, 1.54) is 4.90 Å². The lowest BCUT2D eigenvalue weighted by Crippen LogP contribution is -2.56. The first-order chi connectivity index (χ1) is 24.5. The van der Waals surface area contributed by atoms with E-state index in [1.54, 1.807) is 35.0 Å². The van der Waals surface area contributed by atoms with Gasteiger partial charge >= 0.3 is 12.1 Å². The number of carboxylic acids is 1. The number of rotatable bonds is 15. The van der Waals surface area contributed by atoms with Crippen molar-refractivity contribution in [2.45, 2.75) is 70.2 Å². The first-order valence-electron chi connectivity index (χ1n) is 17.5. The Labute approximate surface area is 300 Å². The molecule has 3 atom stereocenters. The van der Waals surface area contributed by atoms with Gasteiger partial charge in [-0.25, -0.2) is 9.59 Å². The number of likely N-dealkylation sites (tertiary alicyclic amines) is 1. The summed E-state index contributed by atoms with van der Waals surface area (Å²) < 4.78 is 28.6. The minimum Gasteiger partial charge on any atom is -0.497 e. The topological polar surface area (TPSA) is 124 Å². The number of benzene rings is 3. The lowest BCUT2D eigenvalue weighted by molar-refractivity contribution is -0.150.